The third kappa shape index (κ3) is 5.53. The van der Waals surface area contributed by atoms with Crippen LogP contribution >= 0.6 is 0 Å². The lowest BCUT2D eigenvalue weighted by atomic mass is 10.0. The smallest absolute Gasteiger partial charge is 0.222 e. The summed E-state index contributed by atoms with van der Waals surface area (Å²) in [7, 11) is -3.33. The summed E-state index contributed by atoms with van der Waals surface area (Å²) in [4.78, 5) is 14.6. The minimum atomic E-state index is -3.33. The summed E-state index contributed by atoms with van der Waals surface area (Å²) in [6.07, 6.45) is 5.59. The highest BCUT2D eigenvalue weighted by Crippen LogP contribution is 2.26. The normalized spacial score (nSPS) is 22.1. The first-order valence-electron chi connectivity index (χ1n) is 9.83. The molecule has 0 radical (unpaired) electrons. The maximum absolute atomic E-state index is 12.7. The molecule has 7 heteroatoms. The number of sulfonamides is 1. The van der Waals surface area contributed by atoms with E-state index in [0.29, 0.717) is 26.2 Å². The Labute approximate surface area is 162 Å². The number of amides is 1. The second kappa shape index (κ2) is 9.17. The number of nitrogens with zero attached hydrogens (tertiary/aromatic N) is 2. The molecule has 1 aromatic rings. The van der Waals surface area contributed by atoms with Crippen LogP contribution in [0.5, 0.6) is 0 Å². The molecule has 150 valence electrons. The van der Waals surface area contributed by atoms with Crippen LogP contribution in [0.2, 0.25) is 0 Å². The Bertz CT molecular complexity index is 717. The quantitative estimate of drug-likeness (QED) is 0.741. The fourth-order valence-corrected chi connectivity index (χ4v) is 5.69. The molecule has 1 atom stereocenters. The fourth-order valence-electron chi connectivity index (χ4n) is 4.22. The predicted octanol–water partition coefficient (Wildman–Crippen LogP) is 2.05. The number of benzene rings is 1. The van der Waals surface area contributed by atoms with E-state index >= 15 is 0 Å². The van der Waals surface area contributed by atoms with Crippen LogP contribution in [0.15, 0.2) is 30.3 Å². The van der Waals surface area contributed by atoms with Gasteiger partial charge < -0.3 is 9.64 Å². The monoisotopic (exact) mass is 394 g/mol. The summed E-state index contributed by atoms with van der Waals surface area (Å²) in [5.74, 6) is 0.115. The van der Waals surface area contributed by atoms with E-state index < -0.39 is 10.0 Å². The van der Waals surface area contributed by atoms with Gasteiger partial charge in [-0.2, -0.15) is 4.31 Å². The largest absolute Gasteiger partial charge is 0.381 e. The molecule has 2 aliphatic rings. The first-order chi connectivity index (χ1) is 12.9. The van der Waals surface area contributed by atoms with Gasteiger partial charge in [0, 0.05) is 44.8 Å². The van der Waals surface area contributed by atoms with Crippen molar-refractivity contribution in [2.45, 2.75) is 50.6 Å². The van der Waals surface area contributed by atoms with E-state index in [1.54, 1.807) is 4.31 Å². The summed E-state index contributed by atoms with van der Waals surface area (Å²) in [6, 6.07) is 9.85. The standard InChI is InChI=1S/C20H30N2O4S/c1-27(24,25)22(18-11-14-26-15-12-18)19-8-5-13-21(16-19)20(23)10-9-17-6-3-2-4-7-17/h2-4,6-7,18-19H,5,8-16H2,1H3. The Hall–Kier alpha value is -1.44. The SMILES string of the molecule is CS(=O)(=O)N(C1CCOCC1)C1CCCN(C(=O)CCc2ccccc2)C1. The van der Waals surface area contributed by atoms with Crippen molar-refractivity contribution in [3.05, 3.63) is 35.9 Å². The average molecular weight is 395 g/mol. The maximum atomic E-state index is 12.7. The summed E-state index contributed by atoms with van der Waals surface area (Å²) in [5, 5.41) is 0. The van der Waals surface area contributed by atoms with E-state index in [1.165, 1.54) is 6.26 Å². The molecule has 3 rings (SSSR count). The Morgan fingerprint density at radius 1 is 1.15 bits per heavy atom. The highest BCUT2D eigenvalue weighted by molar-refractivity contribution is 7.88. The van der Waals surface area contributed by atoms with Gasteiger partial charge in [-0.15, -0.1) is 0 Å². The number of carbonyl (C=O) groups is 1. The molecule has 2 heterocycles. The predicted molar refractivity (Wildman–Crippen MR) is 105 cm³/mol. The van der Waals surface area contributed by atoms with Crippen LogP contribution in [0.1, 0.15) is 37.7 Å². The zero-order chi connectivity index (χ0) is 19.3. The van der Waals surface area contributed by atoms with Crippen molar-refractivity contribution in [3.8, 4) is 0 Å². The van der Waals surface area contributed by atoms with E-state index in [-0.39, 0.29) is 18.0 Å². The molecule has 1 aromatic carbocycles. The highest BCUT2D eigenvalue weighted by Gasteiger charge is 2.37. The molecule has 1 amide bonds. The van der Waals surface area contributed by atoms with Crippen molar-refractivity contribution in [2.75, 3.05) is 32.6 Å². The van der Waals surface area contributed by atoms with Crippen LogP contribution < -0.4 is 0 Å². The van der Waals surface area contributed by atoms with E-state index in [4.69, 9.17) is 4.74 Å². The topological polar surface area (TPSA) is 66.9 Å². The van der Waals surface area contributed by atoms with Crippen molar-refractivity contribution in [1.29, 1.82) is 0 Å². The summed E-state index contributed by atoms with van der Waals surface area (Å²) >= 11 is 0. The van der Waals surface area contributed by atoms with E-state index in [2.05, 4.69) is 0 Å². The van der Waals surface area contributed by atoms with Crippen LogP contribution in [0, 0.1) is 0 Å². The number of piperidine rings is 1. The minimum Gasteiger partial charge on any atom is -0.381 e. The molecule has 0 aliphatic carbocycles. The molecule has 2 fully saturated rings. The van der Waals surface area contributed by atoms with Gasteiger partial charge in [0.25, 0.3) is 0 Å². The summed E-state index contributed by atoms with van der Waals surface area (Å²) in [6.45, 7) is 2.42. The van der Waals surface area contributed by atoms with Gasteiger partial charge >= 0.3 is 0 Å². The zero-order valence-corrected chi connectivity index (χ0v) is 16.9. The minimum absolute atomic E-state index is 0.0156. The van der Waals surface area contributed by atoms with Crippen molar-refractivity contribution < 1.29 is 17.9 Å². The third-order valence-corrected chi connectivity index (χ3v) is 6.88. The second-order valence-electron chi connectivity index (χ2n) is 7.56. The lowest BCUT2D eigenvalue weighted by Gasteiger charge is -2.42. The van der Waals surface area contributed by atoms with Gasteiger partial charge in [-0.1, -0.05) is 30.3 Å². The van der Waals surface area contributed by atoms with Crippen molar-refractivity contribution in [2.24, 2.45) is 0 Å². The lowest BCUT2D eigenvalue weighted by molar-refractivity contribution is -0.133. The maximum Gasteiger partial charge on any atom is 0.222 e. The first-order valence-corrected chi connectivity index (χ1v) is 11.7. The third-order valence-electron chi connectivity index (χ3n) is 5.51. The molecule has 0 bridgehead atoms. The van der Waals surface area contributed by atoms with Crippen LogP contribution in [0.4, 0.5) is 0 Å². The lowest BCUT2D eigenvalue weighted by Crippen LogP contribution is -2.55. The second-order valence-corrected chi connectivity index (χ2v) is 9.45. The molecular weight excluding hydrogens is 364 g/mol. The van der Waals surface area contributed by atoms with Gasteiger partial charge in [0.2, 0.25) is 15.9 Å². The molecule has 1 unspecified atom stereocenters. The molecule has 6 nitrogen and oxygen atoms in total. The Morgan fingerprint density at radius 3 is 2.52 bits per heavy atom. The Kier molecular flexibility index (Phi) is 6.89. The number of likely N-dealkylation sites (tertiary alicyclic amines) is 1. The van der Waals surface area contributed by atoms with Crippen LogP contribution in [-0.2, 0) is 26.0 Å². The van der Waals surface area contributed by atoms with Crippen molar-refractivity contribution in [3.63, 3.8) is 0 Å². The van der Waals surface area contributed by atoms with E-state index in [1.807, 2.05) is 35.2 Å². The number of hydrogen-bond donors (Lipinski definition) is 0. The van der Waals surface area contributed by atoms with Gasteiger partial charge in [-0.25, -0.2) is 8.42 Å². The Balaban J connectivity index is 1.63. The highest BCUT2D eigenvalue weighted by atomic mass is 32.2. The summed E-state index contributed by atoms with van der Waals surface area (Å²) in [5.41, 5.74) is 1.15. The average Bonchev–Trinajstić information content (AvgIpc) is 2.67. The van der Waals surface area contributed by atoms with Crippen LogP contribution in [0.3, 0.4) is 0 Å². The van der Waals surface area contributed by atoms with E-state index in [9.17, 15) is 13.2 Å². The zero-order valence-electron chi connectivity index (χ0n) is 16.0. The molecule has 2 saturated heterocycles. The molecule has 0 N–H and O–H groups in total. The first kappa shape index (κ1) is 20.3. The van der Waals surface area contributed by atoms with Crippen LogP contribution in [0.25, 0.3) is 0 Å². The number of hydrogen-bond acceptors (Lipinski definition) is 4. The van der Waals surface area contributed by atoms with Crippen LogP contribution in [-0.4, -0.2) is 68.2 Å². The van der Waals surface area contributed by atoms with Gasteiger partial charge in [0.05, 0.1) is 6.26 Å². The molecule has 0 saturated carbocycles. The Morgan fingerprint density at radius 2 is 1.85 bits per heavy atom. The molecule has 27 heavy (non-hydrogen) atoms. The molecule has 0 aromatic heterocycles. The molecular formula is C20H30N2O4S. The molecule has 2 aliphatic heterocycles. The number of aryl methyl sites for hydroxylation is 1. The van der Waals surface area contributed by atoms with Gasteiger partial charge in [0.15, 0.2) is 0 Å². The van der Waals surface area contributed by atoms with Crippen molar-refractivity contribution >= 4 is 15.9 Å². The summed E-state index contributed by atoms with van der Waals surface area (Å²) < 4.78 is 32.1. The number of ether oxygens (including phenoxy) is 1. The van der Waals surface area contributed by atoms with E-state index in [0.717, 1.165) is 44.2 Å². The van der Waals surface area contributed by atoms with Gasteiger partial charge in [0.1, 0.15) is 0 Å². The molecule has 0 spiro atoms. The van der Waals surface area contributed by atoms with Gasteiger partial charge in [-0.05, 0) is 37.7 Å². The van der Waals surface area contributed by atoms with Crippen molar-refractivity contribution in [1.82, 2.24) is 9.21 Å². The number of carbonyl (C=O) groups excluding carboxylic acids is 1. The number of rotatable bonds is 6. The van der Waals surface area contributed by atoms with Gasteiger partial charge in [-0.3, -0.25) is 4.79 Å². The fraction of sp³-hybridized carbons (Fsp3) is 0.650.